The highest BCUT2D eigenvalue weighted by molar-refractivity contribution is 5.05. The standard InChI is InChI=1S/C2H5N5/c1-7-5-2(3)4-6-7/h1H3,(H2,3,5)/i1D3. The molecule has 2 N–H and O–H groups in total. The molecule has 1 aromatic rings. The molecule has 1 aromatic heterocycles. The van der Waals surface area contributed by atoms with Gasteiger partial charge in [0, 0.05) is 4.11 Å². The maximum absolute atomic E-state index is 6.76. The summed E-state index contributed by atoms with van der Waals surface area (Å²) in [4.78, 5) is 0.488. The van der Waals surface area contributed by atoms with E-state index in [1.54, 1.807) is 0 Å². The lowest BCUT2D eigenvalue weighted by Crippen LogP contribution is -1.92. The summed E-state index contributed by atoms with van der Waals surface area (Å²) in [6.07, 6.45) is 0. The molecule has 0 aliphatic carbocycles. The molecule has 0 saturated heterocycles. The quantitative estimate of drug-likeness (QED) is 0.446. The van der Waals surface area contributed by atoms with Crippen LogP contribution < -0.4 is 5.73 Å². The number of rotatable bonds is 0. The molecule has 5 nitrogen and oxygen atoms in total. The van der Waals surface area contributed by atoms with Gasteiger partial charge in [-0.15, -0.1) is 5.10 Å². The van der Waals surface area contributed by atoms with E-state index in [0.29, 0.717) is 4.80 Å². The smallest absolute Gasteiger partial charge is 0.260 e. The van der Waals surface area contributed by atoms with Crippen molar-refractivity contribution in [1.82, 2.24) is 20.2 Å². The van der Waals surface area contributed by atoms with Gasteiger partial charge in [-0.3, -0.25) is 0 Å². The number of aryl methyl sites for hydroxylation is 1. The molecule has 0 unspecified atom stereocenters. The molecule has 38 valence electrons. The monoisotopic (exact) mass is 102 g/mol. The third-order valence-corrected chi connectivity index (χ3v) is 0.429. The lowest BCUT2D eigenvalue weighted by molar-refractivity contribution is 0.630. The predicted octanol–water partition coefficient (Wildman–Crippen LogP) is -1.21. The molecule has 7 heavy (non-hydrogen) atoms. The van der Waals surface area contributed by atoms with Crippen molar-refractivity contribution in [2.75, 3.05) is 5.73 Å². The topological polar surface area (TPSA) is 69.6 Å². The first kappa shape index (κ1) is 1.77. The third kappa shape index (κ3) is 0.648. The Kier molecular flexibility index (Phi) is 0.298. The van der Waals surface area contributed by atoms with Gasteiger partial charge in [0.25, 0.3) is 5.95 Å². The highest BCUT2D eigenvalue weighted by Crippen LogP contribution is 1.77. The molecule has 0 aromatic carbocycles. The van der Waals surface area contributed by atoms with Gasteiger partial charge in [0.2, 0.25) is 0 Å². The van der Waals surface area contributed by atoms with Gasteiger partial charge in [0.05, 0.1) is 6.98 Å². The fourth-order valence-electron chi connectivity index (χ4n) is 0.225. The van der Waals surface area contributed by atoms with E-state index in [1.165, 1.54) is 0 Å². The Morgan fingerprint density at radius 3 is 3.14 bits per heavy atom. The number of anilines is 1. The lowest BCUT2D eigenvalue weighted by atomic mass is 11.2. The number of nitrogens with zero attached hydrogens (tertiary/aromatic N) is 4. The maximum atomic E-state index is 6.76. The van der Waals surface area contributed by atoms with Gasteiger partial charge in [-0.1, -0.05) is 5.10 Å². The van der Waals surface area contributed by atoms with Crippen molar-refractivity contribution in [1.29, 1.82) is 0 Å². The van der Waals surface area contributed by atoms with Crippen LogP contribution in [-0.4, -0.2) is 20.2 Å². The molecule has 0 atom stereocenters. The highest BCUT2D eigenvalue weighted by Gasteiger charge is 1.86. The number of hydrogen-bond acceptors (Lipinski definition) is 4. The summed E-state index contributed by atoms with van der Waals surface area (Å²) >= 11 is 0. The lowest BCUT2D eigenvalue weighted by Gasteiger charge is -1.73. The Bertz CT molecular complexity index is 225. The minimum atomic E-state index is -2.38. The SMILES string of the molecule is [2H]C([2H])([2H])n1nnc(N)n1. The van der Waals surface area contributed by atoms with E-state index in [9.17, 15) is 0 Å². The predicted molar refractivity (Wildman–Crippen MR) is 23.2 cm³/mol. The highest BCUT2D eigenvalue weighted by atomic mass is 15.6. The van der Waals surface area contributed by atoms with Gasteiger partial charge in [-0.2, -0.15) is 4.80 Å². The number of nitrogen functional groups attached to an aromatic ring is 1. The minimum absolute atomic E-state index is 0.142. The first-order chi connectivity index (χ1) is 4.50. The van der Waals surface area contributed by atoms with E-state index in [4.69, 9.17) is 9.85 Å². The fourth-order valence-corrected chi connectivity index (χ4v) is 0.225. The number of nitrogens with two attached hydrogens (primary N) is 1. The second-order valence-electron chi connectivity index (χ2n) is 0.937. The second-order valence-corrected chi connectivity index (χ2v) is 0.937. The van der Waals surface area contributed by atoms with Crippen LogP contribution in [-0.2, 0) is 6.98 Å². The van der Waals surface area contributed by atoms with Gasteiger partial charge in [0.15, 0.2) is 0 Å². The van der Waals surface area contributed by atoms with Crippen molar-refractivity contribution in [3.8, 4) is 0 Å². The first-order valence-corrected chi connectivity index (χ1v) is 1.56. The van der Waals surface area contributed by atoms with E-state index in [0.717, 1.165) is 0 Å². The van der Waals surface area contributed by atoms with Crippen LogP contribution in [0.2, 0.25) is 0 Å². The Morgan fingerprint density at radius 1 is 2.00 bits per heavy atom. The van der Waals surface area contributed by atoms with Crippen LogP contribution >= 0.6 is 0 Å². The normalized spacial score (nSPS) is 17.4. The average Bonchev–Trinajstić information content (AvgIpc) is 2.11. The fraction of sp³-hybridized carbons (Fsp3) is 0.500. The molecule has 0 radical (unpaired) electrons. The van der Waals surface area contributed by atoms with E-state index < -0.39 is 6.98 Å². The van der Waals surface area contributed by atoms with Gasteiger partial charge >= 0.3 is 0 Å². The van der Waals surface area contributed by atoms with Crippen molar-refractivity contribution in [3.05, 3.63) is 0 Å². The van der Waals surface area contributed by atoms with Crippen LogP contribution in [0, 0.1) is 0 Å². The number of tetrazole rings is 1. The first-order valence-electron chi connectivity index (χ1n) is 3.06. The van der Waals surface area contributed by atoms with Gasteiger partial charge < -0.3 is 5.73 Å². The third-order valence-electron chi connectivity index (χ3n) is 0.429. The molecular weight excluding hydrogens is 94.1 g/mol. The second kappa shape index (κ2) is 1.18. The molecule has 0 bridgehead atoms. The molecule has 0 spiro atoms. The molecule has 0 aliphatic rings. The van der Waals surface area contributed by atoms with Crippen LogP contribution in [0.3, 0.4) is 0 Å². The maximum Gasteiger partial charge on any atom is 0.260 e. The summed E-state index contributed by atoms with van der Waals surface area (Å²) in [6, 6.07) is 0. The molecule has 0 saturated carbocycles. The van der Waals surface area contributed by atoms with Crippen LogP contribution in [0.5, 0.6) is 0 Å². The zero-order valence-corrected chi connectivity index (χ0v) is 3.37. The van der Waals surface area contributed by atoms with Gasteiger partial charge in [-0.25, -0.2) is 0 Å². The van der Waals surface area contributed by atoms with E-state index >= 15 is 0 Å². The Labute approximate surface area is 44.3 Å². The zero-order valence-electron chi connectivity index (χ0n) is 6.37. The molecule has 0 fully saturated rings. The van der Waals surface area contributed by atoms with Crippen LogP contribution in [0.15, 0.2) is 0 Å². The largest absolute Gasteiger partial charge is 0.365 e. The van der Waals surface area contributed by atoms with Gasteiger partial charge in [0.1, 0.15) is 0 Å². The van der Waals surface area contributed by atoms with Crippen molar-refractivity contribution in [3.63, 3.8) is 0 Å². The van der Waals surface area contributed by atoms with Crippen molar-refractivity contribution in [2.24, 2.45) is 6.98 Å². The van der Waals surface area contributed by atoms with Crippen molar-refractivity contribution >= 4 is 5.95 Å². The van der Waals surface area contributed by atoms with E-state index in [1.807, 2.05) is 0 Å². The number of aromatic nitrogens is 4. The zero-order chi connectivity index (χ0) is 7.78. The Morgan fingerprint density at radius 2 is 2.86 bits per heavy atom. The minimum Gasteiger partial charge on any atom is -0.365 e. The molecule has 5 heteroatoms. The van der Waals surface area contributed by atoms with E-state index in [2.05, 4.69) is 15.4 Å². The summed E-state index contributed by atoms with van der Waals surface area (Å²) in [5, 5.41) is 9.65. The molecule has 0 amide bonds. The Balaban J connectivity index is 2.96. The van der Waals surface area contributed by atoms with Gasteiger partial charge in [-0.05, 0) is 5.21 Å². The Hall–Kier alpha value is -1.13. The molecule has 0 aliphatic heterocycles. The van der Waals surface area contributed by atoms with Crippen LogP contribution in [0.1, 0.15) is 4.11 Å². The summed E-state index contributed by atoms with van der Waals surface area (Å²) in [6.45, 7) is -2.38. The van der Waals surface area contributed by atoms with Crippen molar-refractivity contribution < 1.29 is 4.11 Å². The summed E-state index contributed by atoms with van der Waals surface area (Å²) in [5.74, 6) is -0.142. The molecule has 1 heterocycles. The number of hydrogen-bond donors (Lipinski definition) is 1. The van der Waals surface area contributed by atoms with Crippen LogP contribution in [0.25, 0.3) is 0 Å². The average molecular weight is 102 g/mol. The molecule has 1 rings (SSSR count). The van der Waals surface area contributed by atoms with Crippen LogP contribution in [0.4, 0.5) is 5.95 Å². The summed E-state index contributed by atoms with van der Waals surface area (Å²) < 4.78 is 20.3. The van der Waals surface area contributed by atoms with E-state index in [-0.39, 0.29) is 5.95 Å². The summed E-state index contributed by atoms with van der Waals surface area (Å²) in [7, 11) is 0. The van der Waals surface area contributed by atoms with Crippen molar-refractivity contribution in [2.45, 2.75) is 0 Å². The molecular formula is C2H5N5. The summed E-state index contributed by atoms with van der Waals surface area (Å²) in [5.41, 5.74) is 5.02.